The predicted octanol–water partition coefficient (Wildman–Crippen LogP) is 3.40. The fourth-order valence-electron chi connectivity index (χ4n) is 4.32. The van der Waals surface area contributed by atoms with Crippen LogP contribution in [0.5, 0.6) is 5.75 Å². The second kappa shape index (κ2) is 8.58. The van der Waals surface area contributed by atoms with E-state index < -0.39 is 16.1 Å². The molecule has 2 aliphatic heterocycles. The van der Waals surface area contributed by atoms with E-state index in [0.717, 1.165) is 28.9 Å². The van der Waals surface area contributed by atoms with Crippen molar-refractivity contribution in [2.75, 3.05) is 6.61 Å². The lowest BCUT2D eigenvalue weighted by atomic mass is 9.94. The molecule has 0 aromatic heterocycles. The number of carbonyl (C=O) groups is 1. The smallest absolute Gasteiger partial charge is 0.263 e. The fourth-order valence-corrected chi connectivity index (χ4v) is 5.56. The number of hydrogen-bond acceptors (Lipinski definition) is 5. The van der Waals surface area contributed by atoms with Crippen LogP contribution in [0, 0.1) is 19.8 Å². The molecular weight excluding hydrogens is 426 g/mol. The molecule has 2 aromatic carbocycles. The van der Waals surface area contributed by atoms with Gasteiger partial charge in [-0.1, -0.05) is 50.1 Å². The molecule has 0 saturated carbocycles. The highest BCUT2D eigenvalue weighted by Crippen LogP contribution is 2.36. The Bertz CT molecular complexity index is 1190. The number of ether oxygens (including phenoxy) is 1. The number of amides is 1. The van der Waals surface area contributed by atoms with Gasteiger partial charge in [-0.15, -0.1) is 0 Å². The zero-order valence-electron chi connectivity index (χ0n) is 18.8. The summed E-state index contributed by atoms with van der Waals surface area (Å²) in [6.07, 6.45) is 1.40. The summed E-state index contributed by atoms with van der Waals surface area (Å²) in [5.41, 5.74) is 3.64. The lowest BCUT2D eigenvalue weighted by Crippen LogP contribution is -2.42. The third kappa shape index (κ3) is 4.11. The minimum atomic E-state index is -3.66. The van der Waals surface area contributed by atoms with Crippen LogP contribution in [0.25, 0.3) is 0 Å². The summed E-state index contributed by atoms with van der Waals surface area (Å²) in [4.78, 5) is 18.2. The molecule has 0 bridgehead atoms. The second-order valence-electron chi connectivity index (χ2n) is 8.61. The number of amidine groups is 1. The molecule has 8 heteroatoms. The molecule has 7 nitrogen and oxygen atoms in total. The molecule has 0 aliphatic carbocycles. The van der Waals surface area contributed by atoms with Crippen LogP contribution in [0.15, 0.2) is 46.3 Å². The lowest BCUT2D eigenvalue weighted by Gasteiger charge is -2.30. The van der Waals surface area contributed by atoms with Gasteiger partial charge in [-0.2, -0.15) is 0 Å². The minimum absolute atomic E-state index is 0.0710. The van der Waals surface area contributed by atoms with Crippen LogP contribution in [0.2, 0.25) is 0 Å². The highest BCUT2D eigenvalue weighted by atomic mass is 32.2. The summed E-state index contributed by atoms with van der Waals surface area (Å²) in [5, 5.41) is 3.16. The number of sulfonamides is 1. The third-order valence-electron chi connectivity index (χ3n) is 6.18. The topological polar surface area (TPSA) is 96.9 Å². The normalized spacial score (nSPS) is 21.6. The highest BCUT2D eigenvalue weighted by molar-refractivity contribution is 7.90. The standard InChI is InChI=1S/C24H29N3O4S/c1-5-15(3)21(26-23-17-8-6-7-9-20(17)32(29,30)27-23)24(28)25-19-10-11-31-22-16(4)12-14(2)13-18(19)22/h6-9,12-13,15,19,21H,5,10-11H2,1-4H3,(H,25,28)(H,26,27)/t15-,19?,21-/m0/s1. The van der Waals surface area contributed by atoms with Crippen molar-refractivity contribution in [1.29, 1.82) is 0 Å². The van der Waals surface area contributed by atoms with Crippen molar-refractivity contribution in [2.24, 2.45) is 10.9 Å². The van der Waals surface area contributed by atoms with Gasteiger partial charge in [-0.3, -0.25) is 14.5 Å². The number of rotatable bonds is 5. The van der Waals surface area contributed by atoms with Gasteiger partial charge < -0.3 is 10.1 Å². The van der Waals surface area contributed by atoms with Gasteiger partial charge >= 0.3 is 0 Å². The largest absolute Gasteiger partial charge is 0.493 e. The van der Waals surface area contributed by atoms with E-state index in [9.17, 15) is 13.2 Å². The summed E-state index contributed by atoms with van der Waals surface area (Å²) in [7, 11) is -3.66. The number of hydrogen-bond donors (Lipinski definition) is 2. The molecule has 2 heterocycles. The Balaban J connectivity index is 1.65. The van der Waals surface area contributed by atoms with E-state index in [1.165, 1.54) is 0 Å². The van der Waals surface area contributed by atoms with Crippen molar-refractivity contribution in [3.8, 4) is 5.75 Å². The number of carbonyl (C=O) groups excluding carboxylic acids is 1. The summed E-state index contributed by atoms with van der Waals surface area (Å²) in [6, 6.07) is 9.91. The Kier molecular flexibility index (Phi) is 5.99. The Morgan fingerprint density at radius 1 is 1.28 bits per heavy atom. The molecule has 0 spiro atoms. The van der Waals surface area contributed by atoms with E-state index >= 15 is 0 Å². The van der Waals surface area contributed by atoms with Crippen molar-refractivity contribution in [3.05, 3.63) is 58.7 Å². The molecule has 170 valence electrons. The molecule has 4 rings (SSSR count). The van der Waals surface area contributed by atoms with Gasteiger partial charge in [-0.05, 0) is 37.5 Å². The maximum Gasteiger partial charge on any atom is 0.263 e. The van der Waals surface area contributed by atoms with E-state index in [0.29, 0.717) is 18.6 Å². The molecule has 0 saturated heterocycles. The number of benzene rings is 2. The average molecular weight is 456 g/mol. The van der Waals surface area contributed by atoms with E-state index in [4.69, 9.17) is 4.74 Å². The molecule has 2 N–H and O–H groups in total. The summed E-state index contributed by atoms with van der Waals surface area (Å²) < 4.78 is 33.3. The predicted molar refractivity (Wildman–Crippen MR) is 123 cm³/mol. The summed E-state index contributed by atoms with van der Waals surface area (Å²) >= 11 is 0. The van der Waals surface area contributed by atoms with Crippen LogP contribution < -0.4 is 14.8 Å². The first kappa shape index (κ1) is 22.3. The van der Waals surface area contributed by atoms with Gasteiger partial charge in [0.05, 0.1) is 17.5 Å². The van der Waals surface area contributed by atoms with Gasteiger partial charge in [0.25, 0.3) is 10.0 Å². The minimum Gasteiger partial charge on any atom is -0.493 e. The summed E-state index contributed by atoms with van der Waals surface area (Å²) in [5.74, 6) is 0.766. The van der Waals surface area contributed by atoms with Crippen LogP contribution in [-0.2, 0) is 14.8 Å². The monoisotopic (exact) mass is 455 g/mol. The lowest BCUT2D eigenvalue weighted by molar-refractivity contribution is -0.124. The zero-order valence-corrected chi connectivity index (χ0v) is 19.6. The van der Waals surface area contributed by atoms with E-state index in [2.05, 4.69) is 27.2 Å². The highest BCUT2D eigenvalue weighted by Gasteiger charge is 2.34. The molecule has 0 radical (unpaired) electrons. The zero-order chi connectivity index (χ0) is 23.0. The van der Waals surface area contributed by atoms with Crippen molar-refractivity contribution < 1.29 is 17.9 Å². The van der Waals surface area contributed by atoms with Crippen molar-refractivity contribution >= 4 is 21.8 Å². The van der Waals surface area contributed by atoms with Crippen molar-refractivity contribution in [2.45, 2.75) is 57.5 Å². The molecule has 3 atom stereocenters. The SMILES string of the molecule is CC[C@H](C)[C@H](N=C1NS(=O)(=O)c2ccccc21)C(=O)NC1CCOc2c(C)cc(C)cc21. The van der Waals surface area contributed by atoms with Crippen LogP contribution in [0.3, 0.4) is 0 Å². The van der Waals surface area contributed by atoms with Gasteiger partial charge in [0.1, 0.15) is 17.6 Å². The van der Waals surface area contributed by atoms with Gasteiger partial charge in [0.2, 0.25) is 5.91 Å². The number of aliphatic imine (C=N–C) groups is 1. The summed E-state index contributed by atoms with van der Waals surface area (Å²) in [6.45, 7) is 8.51. The van der Waals surface area contributed by atoms with Crippen molar-refractivity contribution in [3.63, 3.8) is 0 Å². The van der Waals surface area contributed by atoms with Crippen LogP contribution in [0.1, 0.15) is 55.0 Å². The molecule has 32 heavy (non-hydrogen) atoms. The third-order valence-corrected chi connectivity index (χ3v) is 7.57. The van der Waals surface area contributed by atoms with Crippen LogP contribution in [0.4, 0.5) is 0 Å². The van der Waals surface area contributed by atoms with Crippen molar-refractivity contribution in [1.82, 2.24) is 10.0 Å². The van der Waals surface area contributed by atoms with Crippen LogP contribution in [-0.4, -0.2) is 32.8 Å². The Labute approximate surface area is 189 Å². The number of nitrogens with one attached hydrogen (secondary N) is 2. The fraction of sp³-hybridized carbons (Fsp3) is 0.417. The Morgan fingerprint density at radius 3 is 2.78 bits per heavy atom. The van der Waals surface area contributed by atoms with Gasteiger partial charge in [-0.25, -0.2) is 8.42 Å². The van der Waals surface area contributed by atoms with E-state index in [1.54, 1.807) is 24.3 Å². The van der Waals surface area contributed by atoms with Gasteiger partial charge in [0, 0.05) is 17.5 Å². The molecule has 2 aromatic rings. The van der Waals surface area contributed by atoms with Gasteiger partial charge in [0.15, 0.2) is 0 Å². The van der Waals surface area contributed by atoms with E-state index in [-0.39, 0.29) is 28.6 Å². The quantitative estimate of drug-likeness (QED) is 0.722. The first-order valence-corrected chi connectivity index (χ1v) is 12.4. The average Bonchev–Trinajstić information content (AvgIpc) is 3.02. The first-order valence-electron chi connectivity index (χ1n) is 11.0. The maximum atomic E-state index is 13.4. The molecule has 0 fully saturated rings. The number of nitrogens with zero attached hydrogens (tertiary/aromatic N) is 1. The molecular formula is C24H29N3O4S. The Morgan fingerprint density at radius 2 is 2.03 bits per heavy atom. The maximum absolute atomic E-state index is 13.4. The number of fused-ring (bicyclic) bond motifs is 2. The second-order valence-corrected chi connectivity index (χ2v) is 10.3. The first-order chi connectivity index (χ1) is 15.2. The number of aryl methyl sites for hydroxylation is 2. The molecule has 2 aliphatic rings. The van der Waals surface area contributed by atoms with Crippen LogP contribution >= 0.6 is 0 Å². The molecule has 1 unspecified atom stereocenters. The molecule has 1 amide bonds. The van der Waals surface area contributed by atoms with E-state index in [1.807, 2.05) is 27.7 Å². The Hall–Kier alpha value is -2.87.